The van der Waals surface area contributed by atoms with Crippen molar-refractivity contribution in [2.45, 2.75) is 24.3 Å². The smallest absolute Gasteiger partial charge is 0.237 e. The Morgan fingerprint density at radius 3 is 2.85 bits per heavy atom. The number of halogens is 1. The highest BCUT2D eigenvalue weighted by Crippen LogP contribution is 2.26. The number of nitrogens with zero attached hydrogens (tertiary/aromatic N) is 3. The lowest BCUT2D eigenvalue weighted by Gasteiger charge is -2.12. The van der Waals surface area contributed by atoms with Gasteiger partial charge in [0.25, 0.3) is 0 Å². The number of hydrogen-bond acceptors (Lipinski definition) is 5. The molecular formula is C19H16FN5OS. The van der Waals surface area contributed by atoms with E-state index in [-0.39, 0.29) is 11.7 Å². The number of aryl methyl sites for hydroxylation is 1. The van der Waals surface area contributed by atoms with Crippen molar-refractivity contribution in [3.8, 4) is 0 Å². The van der Waals surface area contributed by atoms with Crippen LogP contribution in [0.1, 0.15) is 12.5 Å². The lowest BCUT2D eigenvalue weighted by molar-refractivity contribution is -0.115. The second-order valence-electron chi connectivity index (χ2n) is 6.17. The number of fused-ring (bicyclic) bond motifs is 3. The van der Waals surface area contributed by atoms with E-state index in [1.54, 1.807) is 13.0 Å². The van der Waals surface area contributed by atoms with Crippen molar-refractivity contribution < 1.29 is 9.18 Å². The summed E-state index contributed by atoms with van der Waals surface area (Å²) in [4.78, 5) is 20.0. The minimum Gasteiger partial charge on any atom is -0.338 e. The van der Waals surface area contributed by atoms with E-state index in [4.69, 9.17) is 0 Å². The molecule has 27 heavy (non-hydrogen) atoms. The highest BCUT2D eigenvalue weighted by atomic mass is 32.2. The highest BCUT2D eigenvalue weighted by molar-refractivity contribution is 8.00. The summed E-state index contributed by atoms with van der Waals surface area (Å²) in [7, 11) is 0. The topological polar surface area (TPSA) is 83.6 Å². The molecule has 1 atom stereocenters. The number of nitrogens with one attached hydrogen (secondary N) is 2. The largest absolute Gasteiger partial charge is 0.338 e. The second-order valence-corrected chi connectivity index (χ2v) is 7.48. The Balaban J connectivity index is 1.54. The molecule has 4 rings (SSSR count). The van der Waals surface area contributed by atoms with Gasteiger partial charge in [-0.05, 0) is 43.7 Å². The summed E-state index contributed by atoms with van der Waals surface area (Å²) in [5.74, 6) is -0.484. The van der Waals surface area contributed by atoms with Crippen LogP contribution in [0.5, 0.6) is 0 Å². The Bertz CT molecular complexity index is 1160. The average Bonchev–Trinajstić information content (AvgIpc) is 3.00. The molecule has 0 aliphatic rings. The van der Waals surface area contributed by atoms with Gasteiger partial charge >= 0.3 is 0 Å². The number of anilines is 1. The van der Waals surface area contributed by atoms with Crippen molar-refractivity contribution in [1.29, 1.82) is 0 Å². The van der Waals surface area contributed by atoms with Crippen LogP contribution >= 0.6 is 11.8 Å². The van der Waals surface area contributed by atoms with E-state index < -0.39 is 5.25 Å². The zero-order chi connectivity index (χ0) is 19.0. The molecule has 0 saturated carbocycles. The number of rotatable bonds is 4. The van der Waals surface area contributed by atoms with Crippen LogP contribution < -0.4 is 5.32 Å². The van der Waals surface area contributed by atoms with Gasteiger partial charge in [0.05, 0.1) is 5.25 Å². The number of para-hydroxylation sites is 1. The first kappa shape index (κ1) is 17.4. The number of aromatic amines is 1. The van der Waals surface area contributed by atoms with Crippen LogP contribution in [0.25, 0.3) is 22.1 Å². The SMILES string of the molecule is Cc1ccccc1NC(=O)[C@H](C)Sc1nnc2c(n1)[nH]c1ccc(F)cc12. The van der Waals surface area contributed by atoms with Gasteiger partial charge in [0.1, 0.15) is 11.3 Å². The molecule has 6 nitrogen and oxygen atoms in total. The number of amides is 1. The fraction of sp³-hybridized carbons (Fsp3) is 0.158. The molecule has 1 amide bonds. The highest BCUT2D eigenvalue weighted by Gasteiger charge is 2.18. The Hall–Kier alpha value is -3.00. The molecule has 0 fully saturated rings. The van der Waals surface area contributed by atoms with Gasteiger partial charge in [-0.1, -0.05) is 30.0 Å². The lowest BCUT2D eigenvalue weighted by atomic mass is 10.2. The summed E-state index contributed by atoms with van der Waals surface area (Å²) >= 11 is 1.21. The van der Waals surface area contributed by atoms with Crippen LogP contribution in [0.15, 0.2) is 47.6 Å². The average molecular weight is 381 g/mol. The molecule has 0 aliphatic carbocycles. The first-order valence-electron chi connectivity index (χ1n) is 8.36. The summed E-state index contributed by atoms with van der Waals surface area (Å²) in [6.07, 6.45) is 0. The van der Waals surface area contributed by atoms with Crippen LogP contribution in [-0.2, 0) is 4.79 Å². The molecule has 0 spiro atoms. The van der Waals surface area contributed by atoms with E-state index >= 15 is 0 Å². The molecule has 2 N–H and O–H groups in total. The number of H-pyrrole nitrogens is 1. The molecule has 0 bridgehead atoms. The second kappa shape index (κ2) is 6.96. The molecule has 0 aliphatic heterocycles. The van der Waals surface area contributed by atoms with Crippen LogP contribution in [-0.4, -0.2) is 31.3 Å². The third kappa shape index (κ3) is 3.48. The first-order chi connectivity index (χ1) is 13.0. The molecule has 2 aromatic carbocycles. The molecule has 4 aromatic rings. The van der Waals surface area contributed by atoms with Crippen molar-refractivity contribution >= 4 is 45.4 Å². The predicted octanol–water partition coefficient (Wildman–Crippen LogP) is 4.07. The van der Waals surface area contributed by atoms with E-state index in [0.29, 0.717) is 21.7 Å². The fourth-order valence-electron chi connectivity index (χ4n) is 2.74. The van der Waals surface area contributed by atoms with Crippen LogP contribution in [0.2, 0.25) is 0 Å². The van der Waals surface area contributed by atoms with Crippen LogP contribution in [0.4, 0.5) is 10.1 Å². The van der Waals surface area contributed by atoms with E-state index in [0.717, 1.165) is 16.8 Å². The third-order valence-electron chi connectivity index (χ3n) is 4.21. The molecule has 8 heteroatoms. The normalized spacial score (nSPS) is 12.4. The summed E-state index contributed by atoms with van der Waals surface area (Å²) in [5, 5.41) is 11.7. The van der Waals surface area contributed by atoms with Gasteiger partial charge in [-0.25, -0.2) is 9.37 Å². The van der Waals surface area contributed by atoms with Gasteiger partial charge in [0.15, 0.2) is 5.65 Å². The van der Waals surface area contributed by atoms with Crippen molar-refractivity contribution in [1.82, 2.24) is 20.2 Å². The molecule has 0 saturated heterocycles. The van der Waals surface area contributed by atoms with E-state index in [1.165, 1.54) is 23.9 Å². The van der Waals surface area contributed by atoms with E-state index in [2.05, 4.69) is 25.5 Å². The van der Waals surface area contributed by atoms with Gasteiger partial charge in [0.2, 0.25) is 11.1 Å². The fourth-order valence-corrected chi connectivity index (χ4v) is 3.45. The number of carbonyl (C=O) groups is 1. The van der Waals surface area contributed by atoms with Gasteiger partial charge < -0.3 is 10.3 Å². The first-order valence-corrected chi connectivity index (χ1v) is 9.24. The van der Waals surface area contributed by atoms with Gasteiger partial charge in [-0.3, -0.25) is 4.79 Å². The maximum atomic E-state index is 13.5. The Kier molecular flexibility index (Phi) is 4.49. The van der Waals surface area contributed by atoms with Crippen LogP contribution in [0.3, 0.4) is 0 Å². The maximum absolute atomic E-state index is 13.5. The maximum Gasteiger partial charge on any atom is 0.237 e. The van der Waals surface area contributed by atoms with Crippen molar-refractivity contribution in [3.05, 3.63) is 53.8 Å². The molecule has 2 heterocycles. The summed E-state index contributed by atoms with van der Waals surface area (Å²) in [6.45, 7) is 3.72. The minimum absolute atomic E-state index is 0.142. The van der Waals surface area contributed by atoms with Gasteiger partial charge in [0, 0.05) is 16.6 Å². The standard InChI is InChI=1S/C19H16FN5OS/c1-10-5-3-4-6-14(10)22-18(26)11(2)27-19-23-17-16(24-25-19)13-9-12(20)7-8-15(13)21-17/h3-9,11H,1-2H3,(H,22,26)(H,21,23,25)/t11-/m0/s1. The molecule has 136 valence electrons. The number of benzene rings is 2. The number of thioether (sulfide) groups is 1. The van der Waals surface area contributed by atoms with E-state index in [9.17, 15) is 9.18 Å². The van der Waals surface area contributed by atoms with Crippen molar-refractivity contribution in [2.75, 3.05) is 5.32 Å². The monoisotopic (exact) mass is 381 g/mol. The number of hydrogen-bond donors (Lipinski definition) is 2. The molecular weight excluding hydrogens is 365 g/mol. The zero-order valence-electron chi connectivity index (χ0n) is 14.7. The molecule has 0 radical (unpaired) electrons. The zero-order valence-corrected chi connectivity index (χ0v) is 15.5. The Morgan fingerprint density at radius 1 is 1.22 bits per heavy atom. The minimum atomic E-state index is -0.411. The Morgan fingerprint density at radius 2 is 2.04 bits per heavy atom. The number of aromatic nitrogens is 4. The summed E-state index contributed by atoms with van der Waals surface area (Å²) < 4.78 is 13.5. The lowest BCUT2D eigenvalue weighted by Crippen LogP contribution is -2.23. The number of carbonyl (C=O) groups excluding carboxylic acids is 1. The van der Waals surface area contributed by atoms with E-state index in [1.807, 2.05) is 31.2 Å². The predicted molar refractivity (Wildman–Crippen MR) is 104 cm³/mol. The molecule has 0 unspecified atom stereocenters. The van der Waals surface area contributed by atoms with Crippen molar-refractivity contribution in [2.24, 2.45) is 0 Å². The van der Waals surface area contributed by atoms with Crippen LogP contribution in [0, 0.1) is 12.7 Å². The summed E-state index contributed by atoms with van der Waals surface area (Å²) in [6, 6.07) is 12.0. The quantitative estimate of drug-likeness (QED) is 0.521. The summed E-state index contributed by atoms with van der Waals surface area (Å²) in [5.41, 5.74) is 3.53. The molecule has 2 aromatic heterocycles. The van der Waals surface area contributed by atoms with Gasteiger partial charge in [-0.2, -0.15) is 0 Å². The third-order valence-corrected chi connectivity index (χ3v) is 5.16. The van der Waals surface area contributed by atoms with Crippen molar-refractivity contribution in [3.63, 3.8) is 0 Å². The Labute approximate surface area is 158 Å². The van der Waals surface area contributed by atoms with Gasteiger partial charge in [-0.15, -0.1) is 10.2 Å².